The van der Waals surface area contributed by atoms with Crippen molar-refractivity contribution < 1.29 is 18.7 Å². The number of methoxy groups -OCH3 is 1. The maximum absolute atomic E-state index is 13.4. The van der Waals surface area contributed by atoms with Crippen LogP contribution in [0.15, 0.2) is 12.1 Å². The summed E-state index contributed by atoms with van der Waals surface area (Å²) in [5.74, 6) is -1.12. The first-order valence-corrected chi connectivity index (χ1v) is 5.04. The Morgan fingerprint density at radius 3 is 2.76 bits per heavy atom. The predicted molar refractivity (Wildman–Crippen MR) is 58.0 cm³/mol. The summed E-state index contributed by atoms with van der Waals surface area (Å²) in [7, 11) is 1.31. The standard InChI is InChI=1S/C12H12FNO3/c1-3-17-12(15)6-8-4-10(13)11(16-2)5-9(8)7-14/h4-5H,3,6H2,1-2H3. The quantitative estimate of drug-likeness (QED) is 0.749. The first-order valence-electron chi connectivity index (χ1n) is 5.04. The normalized spacial score (nSPS) is 9.53. The number of rotatable bonds is 4. The summed E-state index contributed by atoms with van der Waals surface area (Å²) in [5, 5.41) is 8.89. The summed E-state index contributed by atoms with van der Waals surface area (Å²) in [6.07, 6.45) is -0.127. The minimum Gasteiger partial charge on any atom is -0.494 e. The molecule has 0 saturated heterocycles. The summed E-state index contributed by atoms with van der Waals surface area (Å²) in [4.78, 5) is 11.3. The Bertz CT molecular complexity index is 466. The molecule has 1 aromatic carbocycles. The number of benzene rings is 1. The zero-order valence-electron chi connectivity index (χ0n) is 9.62. The molecule has 0 aliphatic heterocycles. The maximum atomic E-state index is 13.4. The van der Waals surface area contributed by atoms with E-state index in [-0.39, 0.29) is 24.3 Å². The number of carbonyl (C=O) groups excluding carboxylic acids is 1. The van der Waals surface area contributed by atoms with Crippen LogP contribution < -0.4 is 4.74 Å². The van der Waals surface area contributed by atoms with Crippen LogP contribution in [-0.2, 0) is 16.0 Å². The predicted octanol–water partition coefficient (Wildman–Crippen LogP) is 1.81. The van der Waals surface area contributed by atoms with Crippen LogP contribution in [0.2, 0.25) is 0 Å². The van der Waals surface area contributed by atoms with Gasteiger partial charge in [0.1, 0.15) is 0 Å². The molecule has 0 radical (unpaired) electrons. The topological polar surface area (TPSA) is 59.3 Å². The van der Waals surface area contributed by atoms with E-state index in [4.69, 9.17) is 14.7 Å². The van der Waals surface area contributed by atoms with Crippen molar-refractivity contribution in [1.29, 1.82) is 5.26 Å². The van der Waals surface area contributed by atoms with Crippen molar-refractivity contribution in [3.05, 3.63) is 29.1 Å². The van der Waals surface area contributed by atoms with Gasteiger partial charge < -0.3 is 9.47 Å². The van der Waals surface area contributed by atoms with Crippen LogP contribution >= 0.6 is 0 Å². The van der Waals surface area contributed by atoms with E-state index < -0.39 is 11.8 Å². The number of hydrogen-bond acceptors (Lipinski definition) is 4. The lowest BCUT2D eigenvalue weighted by molar-refractivity contribution is -0.142. The molecule has 4 nitrogen and oxygen atoms in total. The lowest BCUT2D eigenvalue weighted by Gasteiger charge is -2.07. The molecule has 0 aliphatic rings. The van der Waals surface area contributed by atoms with Gasteiger partial charge in [-0.05, 0) is 18.6 Å². The average Bonchev–Trinajstić information content (AvgIpc) is 2.29. The summed E-state index contributed by atoms with van der Waals surface area (Å²) < 4.78 is 22.9. The number of nitriles is 1. The van der Waals surface area contributed by atoms with Crippen molar-refractivity contribution in [2.75, 3.05) is 13.7 Å². The van der Waals surface area contributed by atoms with Crippen molar-refractivity contribution >= 4 is 5.97 Å². The summed E-state index contributed by atoms with van der Waals surface area (Å²) in [6.45, 7) is 1.93. The molecule has 0 amide bonds. The molecule has 0 atom stereocenters. The van der Waals surface area contributed by atoms with E-state index in [9.17, 15) is 9.18 Å². The highest BCUT2D eigenvalue weighted by molar-refractivity contribution is 5.73. The molecule has 1 aromatic rings. The van der Waals surface area contributed by atoms with Crippen LogP contribution in [0.25, 0.3) is 0 Å². The second-order valence-corrected chi connectivity index (χ2v) is 3.24. The molecule has 0 bridgehead atoms. The molecule has 0 aromatic heterocycles. The molecule has 0 saturated carbocycles. The lowest BCUT2D eigenvalue weighted by atomic mass is 10.0. The van der Waals surface area contributed by atoms with Crippen molar-refractivity contribution in [3.8, 4) is 11.8 Å². The van der Waals surface area contributed by atoms with Gasteiger partial charge in [-0.15, -0.1) is 0 Å². The molecule has 0 fully saturated rings. The van der Waals surface area contributed by atoms with Gasteiger partial charge in [0.2, 0.25) is 0 Å². The third kappa shape index (κ3) is 3.18. The Balaban J connectivity index is 3.03. The largest absolute Gasteiger partial charge is 0.494 e. The molecule has 0 N–H and O–H groups in total. The molecule has 0 aliphatic carbocycles. The Kier molecular flexibility index (Phi) is 4.46. The fourth-order valence-electron chi connectivity index (χ4n) is 1.37. The molecule has 90 valence electrons. The third-order valence-electron chi connectivity index (χ3n) is 2.14. The van der Waals surface area contributed by atoms with Crippen LogP contribution in [0.3, 0.4) is 0 Å². The average molecular weight is 237 g/mol. The Morgan fingerprint density at radius 2 is 2.24 bits per heavy atom. The highest BCUT2D eigenvalue weighted by atomic mass is 19.1. The van der Waals surface area contributed by atoms with Crippen LogP contribution in [0.5, 0.6) is 5.75 Å². The van der Waals surface area contributed by atoms with E-state index in [1.807, 2.05) is 6.07 Å². The van der Waals surface area contributed by atoms with Crippen molar-refractivity contribution in [1.82, 2.24) is 0 Å². The first-order chi connectivity index (χ1) is 8.12. The third-order valence-corrected chi connectivity index (χ3v) is 2.14. The van der Waals surface area contributed by atoms with Gasteiger partial charge in [0.15, 0.2) is 11.6 Å². The molecule has 5 heteroatoms. The summed E-state index contributed by atoms with van der Waals surface area (Å²) in [6, 6.07) is 4.28. The van der Waals surface area contributed by atoms with E-state index in [2.05, 4.69) is 0 Å². The van der Waals surface area contributed by atoms with E-state index in [1.54, 1.807) is 6.92 Å². The highest BCUT2D eigenvalue weighted by Crippen LogP contribution is 2.22. The molecular weight excluding hydrogens is 225 g/mol. The van der Waals surface area contributed by atoms with Crippen LogP contribution in [0, 0.1) is 17.1 Å². The SMILES string of the molecule is CCOC(=O)Cc1cc(F)c(OC)cc1C#N. The molecule has 0 heterocycles. The van der Waals surface area contributed by atoms with Crippen LogP contribution in [-0.4, -0.2) is 19.7 Å². The van der Waals surface area contributed by atoms with Crippen molar-refractivity contribution in [2.24, 2.45) is 0 Å². The number of esters is 1. The minimum absolute atomic E-state index is 0.0193. The molecular formula is C12H12FNO3. The van der Waals surface area contributed by atoms with Gasteiger partial charge in [-0.1, -0.05) is 0 Å². The molecule has 0 spiro atoms. The first kappa shape index (κ1) is 13.0. The van der Waals surface area contributed by atoms with Crippen LogP contribution in [0.4, 0.5) is 4.39 Å². The van der Waals surface area contributed by atoms with E-state index in [1.165, 1.54) is 13.2 Å². The van der Waals surface area contributed by atoms with Crippen LogP contribution in [0.1, 0.15) is 18.1 Å². The zero-order valence-corrected chi connectivity index (χ0v) is 9.62. The second kappa shape index (κ2) is 5.85. The number of nitrogens with zero attached hydrogens (tertiary/aromatic N) is 1. The smallest absolute Gasteiger partial charge is 0.310 e. The number of hydrogen-bond donors (Lipinski definition) is 0. The summed E-state index contributed by atoms with van der Waals surface area (Å²) >= 11 is 0. The van der Waals surface area contributed by atoms with Gasteiger partial charge in [-0.3, -0.25) is 4.79 Å². The zero-order chi connectivity index (χ0) is 12.8. The second-order valence-electron chi connectivity index (χ2n) is 3.24. The fraction of sp³-hybridized carbons (Fsp3) is 0.333. The van der Waals surface area contributed by atoms with Gasteiger partial charge >= 0.3 is 5.97 Å². The highest BCUT2D eigenvalue weighted by Gasteiger charge is 2.13. The lowest BCUT2D eigenvalue weighted by Crippen LogP contribution is -2.09. The fourth-order valence-corrected chi connectivity index (χ4v) is 1.37. The number of carbonyl (C=O) groups is 1. The monoisotopic (exact) mass is 237 g/mol. The maximum Gasteiger partial charge on any atom is 0.310 e. The van der Waals surface area contributed by atoms with E-state index >= 15 is 0 Å². The Hall–Kier alpha value is -2.09. The van der Waals surface area contributed by atoms with Gasteiger partial charge in [-0.2, -0.15) is 5.26 Å². The number of ether oxygens (including phenoxy) is 2. The van der Waals surface area contributed by atoms with Gasteiger partial charge in [0.05, 0.1) is 31.8 Å². The van der Waals surface area contributed by atoms with E-state index in [0.717, 1.165) is 6.07 Å². The van der Waals surface area contributed by atoms with Crippen molar-refractivity contribution in [3.63, 3.8) is 0 Å². The van der Waals surface area contributed by atoms with Gasteiger partial charge in [-0.25, -0.2) is 4.39 Å². The Morgan fingerprint density at radius 1 is 1.53 bits per heavy atom. The molecule has 1 rings (SSSR count). The minimum atomic E-state index is -0.606. The Labute approximate surface area is 98.6 Å². The molecule has 17 heavy (non-hydrogen) atoms. The molecule has 0 unspecified atom stereocenters. The van der Waals surface area contributed by atoms with Gasteiger partial charge in [0, 0.05) is 6.07 Å². The van der Waals surface area contributed by atoms with Gasteiger partial charge in [0.25, 0.3) is 0 Å². The van der Waals surface area contributed by atoms with Crippen molar-refractivity contribution in [2.45, 2.75) is 13.3 Å². The number of halogens is 1. The summed E-state index contributed by atoms with van der Waals surface area (Å²) in [5.41, 5.74) is 0.501. The van der Waals surface area contributed by atoms with E-state index in [0.29, 0.717) is 5.56 Å².